The third-order valence-electron chi connectivity index (χ3n) is 3.56. The summed E-state index contributed by atoms with van der Waals surface area (Å²) in [6.45, 7) is 2.67. The van der Waals surface area contributed by atoms with Crippen LogP contribution in [0, 0.1) is 5.92 Å². The molecule has 122 valence electrons. The Labute approximate surface area is 136 Å². The number of rotatable bonds is 5. The van der Waals surface area contributed by atoms with E-state index in [9.17, 15) is 13.2 Å². The summed E-state index contributed by atoms with van der Waals surface area (Å²) in [5.41, 5.74) is 0. The molecule has 1 aliphatic rings. The number of carbonyl (C=O) groups is 1. The first-order valence-electron chi connectivity index (χ1n) is 7.14. The lowest BCUT2D eigenvalue weighted by molar-refractivity contribution is -0.133. The summed E-state index contributed by atoms with van der Waals surface area (Å²) in [6.07, 6.45) is 1.74. The fourth-order valence-electron chi connectivity index (χ4n) is 2.58. The Hall–Kier alpha value is -1.27. The average molecular weight is 346 g/mol. The van der Waals surface area contributed by atoms with E-state index < -0.39 is 15.8 Å². The summed E-state index contributed by atoms with van der Waals surface area (Å²) in [5.74, 6) is -0.198. The molecule has 0 unspecified atom stereocenters. The van der Waals surface area contributed by atoms with Crippen LogP contribution in [-0.2, 0) is 14.6 Å². The maximum Gasteiger partial charge on any atom is 0.226 e. The smallest absolute Gasteiger partial charge is 0.226 e. The number of carbonyl (C=O) groups excluding carboxylic acids is 1. The maximum atomic E-state index is 12.3. The highest BCUT2D eigenvalue weighted by Gasteiger charge is 2.31. The first kappa shape index (κ1) is 17.1. The third-order valence-corrected chi connectivity index (χ3v) is 4.98. The van der Waals surface area contributed by atoms with Crippen LogP contribution in [0.4, 0.5) is 0 Å². The van der Waals surface area contributed by atoms with Crippen LogP contribution in [0.5, 0.6) is 5.75 Å². The Morgan fingerprint density at radius 3 is 2.77 bits per heavy atom. The van der Waals surface area contributed by atoms with E-state index in [4.69, 9.17) is 16.3 Å². The van der Waals surface area contributed by atoms with Crippen molar-refractivity contribution in [1.82, 2.24) is 4.90 Å². The van der Waals surface area contributed by atoms with Crippen molar-refractivity contribution in [3.8, 4) is 5.75 Å². The fourth-order valence-corrected chi connectivity index (χ4v) is 3.81. The summed E-state index contributed by atoms with van der Waals surface area (Å²) < 4.78 is 28.4. The molecule has 1 aromatic carbocycles. The minimum absolute atomic E-state index is 0.116. The van der Waals surface area contributed by atoms with Crippen LogP contribution in [0.3, 0.4) is 0 Å². The van der Waals surface area contributed by atoms with Crippen molar-refractivity contribution in [1.29, 1.82) is 0 Å². The van der Waals surface area contributed by atoms with Gasteiger partial charge in [-0.1, -0.05) is 30.7 Å². The molecule has 2 rings (SSSR count). The van der Waals surface area contributed by atoms with Crippen LogP contribution >= 0.6 is 11.6 Å². The number of benzene rings is 1. The summed E-state index contributed by atoms with van der Waals surface area (Å²) in [4.78, 5) is 13.9. The average Bonchev–Trinajstić information content (AvgIpc) is 2.87. The second kappa shape index (κ2) is 6.87. The van der Waals surface area contributed by atoms with Gasteiger partial charge in [0.25, 0.3) is 0 Å². The van der Waals surface area contributed by atoms with Crippen molar-refractivity contribution < 1.29 is 17.9 Å². The Kier molecular flexibility index (Phi) is 5.34. The SMILES string of the molecule is C[C@H](CS(C)(=O)=O)C(=O)N1CC[C@H](Oc2ccccc2Cl)C1. The number of likely N-dealkylation sites (tertiary alicyclic amines) is 1. The molecule has 0 bridgehead atoms. The van der Waals surface area contributed by atoms with Crippen molar-refractivity contribution in [2.24, 2.45) is 5.92 Å². The number of sulfone groups is 1. The number of nitrogens with zero attached hydrogens (tertiary/aromatic N) is 1. The minimum Gasteiger partial charge on any atom is -0.487 e. The van der Waals surface area contributed by atoms with Crippen molar-refractivity contribution >= 4 is 27.3 Å². The highest BCUT2D eigenvalue weighted by atomic mass is 35.5. The molecule has 1 fully saturated rings. The molecular formula is C15H20ClNO4S. The highest BCUT2D eigenvalue weighted by molar-refractivity contribution is 7.90. The highest BCUT2D eigenvalue weighted by Crippen LogP contribution is 2.26. The first-order chi connectivity index (χ1) is 10.3. The summed E-state index contributed by atoms with van der Waals surface area (Å²) >= 11 is 6.05. The van der Waals surface area contributed by atoms with E-state index in [-0.39, 0.29) is 17.8 Å². The molecule has 0 aromatic heterocycles. The molecule has 1 aliphatic heterocycles. The van der Waals surface area contributed by atoms with Gasteiger partial charge in [0.1, 0.15) is 21.7 Å². The quantitative estimate of drug-likeness (QED) is 0.818. The normalized spacial score (nSPS) is 20.0. The number of hydrogen-bond donors (Lipinski definition) is 0. The van der Waals surface area contributed by atoms with Crippen molar-refractivity contribution in [2.75, 3.05) is 25.1 Å². The zero-order valence-electron chi connectivity index (χ0n) is 12.7. The van der Waals surface area contributed by atoms with Gasteiger partial charge in [0.2, 0.25) is 5.91 Å². The van der Waals surface area contributed by atoms with E-state index in [1.165, 1.54) is 0 Å². The third kappa shape index (κ3) is 4.61. The Morgan fingerprint density at radius 1 is 1.45 bits per heavy atom. The van der Waals surface area contributed by atoms with Crippen LogP contribution in [0.15, 0.2) is 24.3 Å². The van der Waals surface area contributed by atoms with Gasteiger partial charge in [0.05, 0.1) is 17.3 Å². The zero-order valence-corrected chi connectivity index (χ0v) is 14.2. The lowest BCUT2D eigenvalue weighted by atomic mass is 10.2. The van der Waals surface area contributed by atoms with Crippen molar-refractivity contribution in [3.63, 3.8) is 0 Å². The van der Waals surface area contributed by atoms with Crippen LogP contribution in [0.1, 0.15) is 13.3 Å². The summed E-state index contributed by atoms with van der Waals surface area (Å²) in [7, 11) is -3.16. The molecule has 0 spiro atoms. The number of hydrogen-bond acceptors (Lipinski definition) is 4. The first-order valence-corrected chi connectivity index (χ1v) is 9.58. The summed E-state index contributed by atoms with van der Waals surface area (Å²) in [6, 6.07) is 7.21. The molecule has 0 saturated carbocycles. The van der Waals surface area contributed by atoms with Gasteiger partial charge in [0, 0.05) is 25.1 Å². The molecule has 1 heterocycles. The number of amides is 1. The second-order valence-electron chi connectivity index (χ2n) is 5.74. The Morgan fingerprint density at radius 2 is 2.14 bits per heavy atom. The van der Waals surface area contributed by atoms with Crippen LogP contribution in [-0.4, -0.2) is 50.4 Å². The molecule has 22 heavy (non-hydrogen) atoms. The Balaban J connectivity index is 1.92. The van der Waals surface area contributed by atoms with E-state index in [2.05, 4.69) is 0 Å². The molecule has 5 nitrogen and oxygen atoms in total. The lowest BCUT2D eigenvalue weighted by Gasteiger charge is -2.21. The van der Waals surface area contributed by atoms with E-state index in [0.29, 0.717) is 30.3 Å². The molecule has 2 atom stereocenters. The predicted octanol–water partition coefficient (Wildman–Crippen LogP) is 2.00. The molecule has 7 heteroatoms. The monoisotopic (exact) mass is 345 g/mol. The zero-order chi connectivity index (χ0) is 16.3. The Bertz CT molecular complexity index is 647. The summed E-state index contributed by atoms with van der Waals surface area (Å²) in [5, 5.41) is 0.540. The lowest BCUT2D eigenvalue weighted by Crippen LogP contribution is -2.37. The molecule has 1 saturated heterocycles. The van der Waals surface area contributed by atoms with Gasteiger partial charge in [-0.3, -0.25) is 4.79 Å². The molecule has 0 radical (unpaired) electrons. The fraction of sp³-hybridized carbons (Fsp3) is 0.533. The van der Waals surface area contributed by atoms with E-state index in [1.807, 2.05) is 12.1 Å². The van der Waals surface area contributed by atoms with Gasteiger partial charge in [0.15, 0.2) is 0 Å². The predicted molar refractivity (Wildman–Crippen MR) is 85.9 cm³/mol. The molecule has 0 aliphatic carbocycles. The minimum atomic E-state index is -3.16. The van der Waals surface area contributed by atoms with E-state index in [0.717, 1.165) is 6.26 Å². The molecule has 1 aromatic rings. The van der Waals surface area contributed by atoms with Crippen molar-refractivity contribution in [2.45, 2.75) is 19.4 Å². The molecular weight excluding hydrogens is 326 g/mol. The van der Waals surface area contributed by atoms with Crippen LogP contribution in [0.25, 0.3) is 0 Å². The van der Waals surface area contributed by atoms with Gasteiger partial charge in [-0.05, 0) is 12.1 Å². The van der Waals surface area contributed by atoms with Gasteiger partial charge >= 0.3 is 0 Å². The van der Waals surface area contributed by atoms with E-state index >= 15 is 0 Å². The largest absolute Gasteiger partial charge is 0.487 e. The number of halogens is 1. The standard InChI is InChI=1S/C15H20ClNO4S/c1-11(10-22(2,19)20)15(18)17-8-7-12(9-17)21-14-6-4-3-5-13(14)16/h3-6,11-12H,7-10H2,1-2H3/t11-,12+/m1/s1. The number of ether oxygens (including phenoxy) is 1. The van der Waals surface area contributed by atoms with Gasteiger partial charge in [-0.15, -0.1) is 0 Å². The van der Waals surface area contributed by atoms with Gasteiger partial charge < -0.3 is 9.64 Å². The maximum absolute atomic E-state index is 12.3. The number of para-hydroxylation sites is 1. The van der Waals surface area contributed by atoms with Gasteiger partial charge in [-0.2, -0.15) is 0 Å². The topological polar surface area (TPSA) is 63.7 Å². The second-order valence-corrected chi connectivity index (χ2v) is 8.33. The van der Waals surface area contributed by atoms with Crippen molar-refractivity contribution in [3.05, 3.63) is 29.3 Å². The molecule has 0 N–H and O–H groups in total. The van der Waals surface area contributed by atoms with Crippen LogP contribution in [0.2, 0.25) is 5.02 Å². The van der Waals surface area contributed by atoms with Crippen LogP contribution < -0.4 is 4.74 Å². The van der Waals surface area contributed by atoms with Gasteiger partial charge in [-0.25, -0.2) is 8.42 Å². The van der Waals surface area contributed by atoms with E-state index in [1.54, 1.807) is 24.0 Å². The molecule has 1 amide bonds.